The summed E-state index contributed by atoms with van der Waals surface area (Å²) in [5, 5.41) is 13.9. The van der Waals surface area contributed by atoms with Crippen LogP contribution in [-0.4, -0.2) is 52.8 Å². The Morgan fingerprint density at radius 2 is 2.20 bits per heavy atom. The molecule has 2 N–H and O–H groups in total. The Bertz CT molecular complexity index is 629. The predicted molar refractivity (Wildman–Crippen MR) is 98.6 cm³/mol. The van der Waals surface area contributed by atoms with Crippen LogP contribution in [0.2, 0.25) is 0 Å². The molecule has 25 heavy (non-hydrogen) atoms. The first-order valence-corrected chi connectivity index (χ1v) is 10.4. The molecular formula is C18H28N4O2S. The van der Waals surface area contributed by atoms with Crippen LogP contribution < -0.4 is 10.2 Å². The van der Waals surface area contributed by atoms with Gasteiger partial charge in [0.2, 0.25) is 5.91 Å². The van der Waals surface area contributed by atoms with Gasteiger partial charge in [0.25, 0.3) is 0 Å². The molecular weight excluding hydrogens is 336 g/mol. The summed E-state index contributed by atoms with van der Waals surface area (Å²) in [6.45, 7) is 4.60. The number of nitrogens with zero attached hydrogens (tertiary/aromatic N) is 3. The Morgan fingerprint density at radius 1 is 1.40 bits per heavy atom. The molecule has 138 valence electrons. The van der Waals surface area contributed by atoms with E-state index in [-0.39, 0.29) is 12.8 Å². The fraction of sp³-hybridized carbons (Fsp3) is 0.778. The molecule has 1 saturated carbocycles. The number of hydrogen-bond acceptors (Lipinski definition) is 6. The lowest BCUT2D eigenvalue weighted by Crippen LogP contribution is -2.41. The summed E-state index contributed by atoms with van der Waals surface area (Å²) in [6.07, 6.45) is 6.53. The summed E-state index contributed by atoms with van der Waals surface area (Å²) in [5.74, 6) is 0.921. The normalized spacial score (nSPS) is 27.1. The summed E-state index contributed by atoms with van der Waals surface area (Å²) in [5.41, 5.74) is 1.14. The van der Waals surface area contributed by atoms with Crippen LogP contribution in [0.4, 0.5) is 5.13 Å². The monoisotopic (exact) mass is 364 g/mol. The number of thiazole rings is 1. The Morgan fingerprint density at radius 3 is 2.96 bits per heavy atom. The van der Waals surface area contributed by atoms with E-state index in [1.54, 1.807) is 11.3 Å². The van der Waals surface area contributed by atoms with Crippen molar-refractivity contribution < 1.29 is 9.90 Å². The van der Waals surface area contributed by atoms with Gasteiger partial charge in [-0.2, -0.15) is 0 Å². The summed E-state index contributed by atoms with van der Waals surface area (Å²) >= 11 is 1.69. The summed E-state index contributed by atoms with van der Waals surface area (Å²) < 4.78 is 0. The second-order valence-electron chi connectivity index (χ2n) is 7.65. The van der Waals surface area contributed by atoms with E-state index < -0.39 is 0 Å². The number of carbonyl (C=O) groups is 1. The SMILES string of the molecule is CC1CNC(CO)N1c1nc2c(s1)CN(C(=O)CC1CCCC1)CC2. The Kier molecular flexibility index (Phi) is 4.97. The largest absolute Gasteiger partial charge is 0.393 e. The Labute approximate surface area is 153 Å². The number of aromatic nitrogens is 1. The topological polar surface area (TPSA) is 68.7 Å². The minimum atomic E-state index is -0.0531. The zero-order valence-electron chi connectivity index (χ0n) is 14.9. The van der Waals surface area contributed by atoms with Gasteiger partial charge in [0.05, 0.1) is 18.8 Å². The van der Waals surface area contributed by atoms with Crippen LogP contribution in [-0.2, 0) is 17.8 Å². The van der Waals surface area contributed by atoms with Crippen LogP contribution in [0.15, 0.2) is 0 Å². The van der Waals surface area contributed by atoms with E-state index in [9.17, 15) is 9.90 Å². The van der Waals surface area contributed by atoms with Crippen LogP contribution in [0.5, 0.6) is 0 Å². The van der Waals surface area contributed by atoms with E-state index in [2.05, 4.69) is 17.1 Å². The van der Waals surface area contributed by atoms with Gasteiger partial charge in [-0.15, -0.1) is 0 Å². The average molecular weight is 365 g/mol. The lowest BCUT2D eigenvalue weighted by molar-refractivity contribution is -0.133. The lowest BCUT2D eigenvalue weighted by Gasteiger charge is -2.27. The Hall–Kier alpha value is -1.18. The molecule has 1 aromatic heterocycles. The van der Waals surface area contributed by atoms with E-state index in [0.717, 1.165) is 36.8 Å². The Balaban J connectivity index is 1.44. The molecule has 1 saturated heterocycles. The highest BCUT2D eigenvalue weighted by atomic mass is 32.1. The minimum absolute atomic E-state index is 0.0531. The first-order chi connectivity index (χ1) is 12.2. The number of amides is 1. The number of aliphatic hydroxyl groups is 1. The van der Waals surface area contributed by atoms with E-state index in [4.69, 9.17) is 4.98 Å². The molecule has 2 fully saturated rings. The van der Waals surface area contributed by atoms with Crippen molar-refractivity contribution in [1.29, 1.82) is 0 Å². The minimum Gasteiger partial charge on any atom is -0.393 e. The second kappa shape index (κ2) is 7.21. The zero-order valence-corrected chi connectivity index (χ0v) is 15.7. The van der Waals surface area contributed by atoms with Gasteiger partial charge in [-0.05, 0) is 25.7 Å². The van der Waals surface area contributed by atoms with Crippen molar-refractivity contribution in [2.45, 2.75) is 64.2 Å². The highest BCUT2D eigenvalue weighted by Gasteiger charge is 2.34. The molecule has 4 rings (SSSR count). The van der Waals surface area contributed by atoms with Crippen molar-refractivity contribution in [3.8, 4) is 0 Å². The maximum atomic E-state index is 12.6. The van der Waals surface area contributed by atoms with Crippen LogP contribution in [0, 0.1) is 5.92 Å². The van der Waals surface area contributed by atoms with Crippen LogP contribution in [0.3, 0.4) is 0 Å². The van der Waals surface area contributed by atoms with Crippen LogP contribution in [0.25, 0.3) is 0 Å². The second-order valence-corrected chi connectivity index (χ2v) is 8.71. The van der Waals surface area contributed by atoms with Crippen molar-refractivity contribution in [2.75, 3.05) is 24.6 Å². The number of fused-ring (bicyclic) bond motifs is 1. The van der Waals surface area contributed by atoms with E-state index in [1.165, 1.54) is 30.6 Å². The highest BCUT2D eigenvalue weighted by molar-refractivity contribution is 7.15. The first kappa shape index (κ1) is 17.2. The molecule has 1 aromatic rings. The van der Waals surface area contributed by atoms with Crippen LogP contribution >= 0.6 is 11.3 Å². The van der Waals surface area contributed by atoms with Gasteiger partial charge in [0, 0.05) is 36.9 Å². The number of aliphatic hydroxyl groups excluding tert-OH is 1. The van der Waals surface area contributed by atoms with Crippen molar-refractivity contribution in [3.05, 3.63) is 10.6 Å². The molecule has 1 aliphatic carbocycles. The maximum Gasteiger partial charge on any atom is 0.223 e. The molecule has 0 spiro atoms. The molecule has 2 aliphatic heterocycles. The van der Waals surface area contributed by atoms with E-state index in [0.29, 0.717) is 24.4 Å². The van der Waals surface area contributed by atoms with E-state index in [1.807, 2.05) is 4.90 Å². The van der Waals surface area contributed by atoms with E-state index >= 15 is 0 Å². The predicted octanol–water partition coefficient (Wildman–Crippen LogP) is 1.72. The van der Waals surface area contributed by atoms with Crippen molar-refractivity contribution in [2.24, 2.45) is 5.92 Å². The third kappa shape index (κ3) is 3.41. The lowest BCUT2D eigenvalue weighted by atomic mass is 10.0. The molecule has 2 unspecified atom stereocenters. The molecule has 6 nitrogen and oxygen atoms in total. The maximum absolute atomic E-state index is 12.6. The van der Waals surface area contributed by atoms with Crippen molar-refractivity contribution >= 4 is 22.4 Å². The van der Waals surface area contributed by atoms with Gasteiger partial charge < -0.3 is 14.9 Å². The smallest absolute Gasteiger partial charge is 0.223 e. The molecule has 3 aliphatic rings. The van der Waals surface area contributed by atoms with Gasteiger partial charge in [0.1, 0.15) is 6.17 Å². The molecule has 0 bridgehead atoms. The average Bonchev–Trinajstić information content (AvgIpc) is 3.32. The van der Waals surface area contributed by atoms with Gasteiger partial charge in [0.15, 0.2) is 5.13 Å². The third-order valence-corrected chi connectivity index (χ3v) is 6.96. The van der Waals surface area contributed by atoms with Gasteiger partial charge >= 0.3 is 0 Å². The zero-order chi connectivity index (χ0) is 17.4. The summed E-state index contributed by atoms with van der Waals surface area (Å²) in [7, 11) is 0. The first-order valence-electron chi connectivity index (χ1n) is 9.54. The fourth-order valence-corrected chi connectivity index (χ4v) is 5.66. The van der Waals surface area contributed by atoms with Gasteiger partial charge in [-0.3, -0.25) is 10.1 Å². The van der Waals surface area contributed by atoms with Crippen molar-refractivity contribution in [1.82, 2.24) is 15.2 Å². The summed E-state index contributed by atoms with van der Waals surface area (Å²) in [6, 6.07) is 0.324. The quantitative estimate of drug-likeness (QED) is 0.851. The number of nitrogens with one attached hydrogen (secondary N) is 1. The molecule has 0 aromatic carbocycles. The number of rotatable bonds is 4. The third-order valence-electron chi connectivity index (χ3n) is 5.86. The molecule has 0 radical (unpaired) electrons. The van der Waals surface area contributed by atoms with Gasteiger partial charge in [-0.1, -0.05) is 24.2 Å². The molecule has 3 heterocycles. The molecule has 2 atom stereocenters. The van der Waals surface area contributed by atoms with Gasteiger partial charge in [-0.25, -0.2) is 4.98 Å². The van der Waals surface area contributed by atoms with Crippen molar-refractivity contribution in [3.63, 3.8) is 0 Å². The molecule has 1 amide bonds. The van der Waals surface area contributed by atoms with Crippen LogP contribution in [0.1, 0.15) is 49.6 Å². The standard InChI is InChI=1S/C18H28N4O2S/c1-12-9-19-16(11-23)22(12)18-20-14-6-7-21(10-15(14)25-18)17(24)8-13-4-2-3-5-13/h12-13,16,19,23H,2-11H2,1H3. The highest BCUT2D eigenvalue weighted by Crippen LogP contribution is 2.34. The molecule has 7 heteroatoms. The number of carbonyl (C=O) groups excluding carboxylic acids is 1. The summed E-state index contributed by atoms with van der Waals surface area (Å²) in [4.78, 5) is 22.9. The fourth-order valence-electron chi connectivity index (χ4n) is 4.38. The number of hydrogen-bond donors (Lipinski definition) is 2. The number of anilines is 1.